The van der Waals surface area contributed by atoms with E-state index in [1.165, 1.54) is 0 Å². The number of pyridine rings is 1. The third kappa shape index (κ3) is 1.99. The zero-order valence-electron chi connectivity index (χ0n) is 6.98. The average Bonchev–Trinajstić information content (AvgIpc) is 2.16. The molecule has 0 aliphatic rings. The maximum absolute atomic E-state index is 12.9. The van der Waals surface area contributed by atoms with E-state index in [4.69, 9.17) is 16.7 Å². The molecule has 0 spiro atoms. The first-order chi connectivity index (χ1) is 6.61. The van der Waals surface area contributed by atoms with Crippen LogP contribution in [0.4, 0.5) is 13.2 Å². The van der Waals surface area contributed by atoms with Crippen molar-refractivity contribution < 1.29 is 18.3 Å². The number of aromatic nitrogens is 1. The Hall–Kier alpha value is -0.810. The van der Waals surface area contributed by atoms with Crippen LogP contribution in [0.2, 0.25) is 0 Å². The second kappa shape index (κ2) is 4.61. The lowest BCUT2D eigenvalue weighted by molar-refractivity contribution is 0.149. The van der Waals surface area contributed by atoms with Crippen LogP contribution in [0.15, 0.2) is 6.20 Å². The molecule has 0 atom stereocenters. The molecule has 0 radical (unpaired) electrons. The van der Waals surface area contributed by atoms with Crippen molar-refractivity contribution in [2.45, 2.75) is 18.9 Å². The van der Waals surface area contributed by atoms with Gasteiger partial charge in [-0.2, -0.15) is 4.39 Å². The van der Waals surface area contributed by atoms with Gasteiger partial charge in [0.05, 0.1) is 6.61 Å². The van der Waals surface area contributed by atoms with Crippen molar-refractivity contribution in [2.24, 2.45) is 0 Å². The maximum Gasteiger partial charge on any atom is 0.265 e. The molecule has 0 fully saturated rings. The highest BCUT2D eigenvalue weighted by Gasteiger charge is 2.19. The van der Waals surface area contributed by atoms with Gasteiger partial charge in [0, 0.05) is 23.2 Å². The number of alkyl halides is 3. The molecule has 2 nitrogen and oxygen atoms in total. The standard InChI is InChI=1S/C8H7ClF3NO/c9-1-4-5(7(10)11)2-13-8(12)6(4)3-14/h2,7,14H,1,3H2. The van der Waals surface area contributed by atoms with Gasteiger partial charge in [0.2, 0.25) is 5.95 Å². The van der Waals surface area contributed by atoms with Gasteiger partial charge in [-0.3, -0.25) is 0 Å². The fourth-order valence-electron chi connectivity index (χ4n) is 1.09. The SMILES string of the molecule is OCc1c(F)ncc(C(F)F)c1CCl. The Kier molecular flexibility index (Phi) is 3.71. The second-order valence-corrected chi connectivity index (χ2v) is 2.82. The van der Waals surface area contributed by atoms with E-state index in [9.17, 15) is 13.2 Å². The Morgan fingerprint density at radius 1 is 1.43 bits per heavy atom. The van der Waals surface area contributed by atoms with Crippen LogP contribution in [0.1, 0.15) is 23.1 Å². The van der Waals surface area contributed by atoms with Crippen molar-refractivity contribution >= 4 is 11.6 Å². The molecule has 0 saturated carbocycles. The van der Waals surface area contributed by atoms with E-state index < -0.39 is 24.5 Å². The lowest BCUT2D eigenvalue weighted by atomic mass is 10.1. The van der Waals surface area contributed by atoms with Gasteiger partial charge in [-0.05, 0) is 5.56 Å². The fraction of sp³-hybridized carbons (Fsp3) is 0.375. The summed E-state index contributed by atoms with van der Waals surface area (Å²) in [5.74, 6) is -1.25. The van der Waals surface area contributed by atoms with Crippen LogP contribution < -0.4 is 0 Å². The summed E-state index contributed by atoms with van der Waals surface area (Å²) >= 11 is 5.39. The Labute approximate surface area is 83.3 Å². The molecule has 1 heterocycles. The summed E-state index contributed by atoms with van der Waals surface area (Å²) in [6.45, 7) is -0.693. The smallest absolute Gasteiger partial charge is 0.265 e. The normalized spacial score (nSPS) is 11.0. The van der Waals surface area contributed by atoms with Crippen molar-refractivity contribution in [1.82, 2.24) is 4.98 Å². The number of halogens is 4. The van der Waals surface area contributed by atoms with Crippen LogP contribution >= 0.6 is 11.6 Å². The monoisotopic (exact) mass is 225 g/mol. The maximum atomic E-state index is 12.9. The topological polar surface area (TPSA) is 33.1 Å². The molecule has 0 amide bonds. The van der Waals surface area contributed by atoms with Crippen LogP contribution in [0.3, 0.4) is 0 Å². The second-order valence-electron chi connectivity index (χ2n) is 2.55. The van der Waals surface area contributed by atoms with E-state index in [0.717, 1.165) is 6.20 Å². The Morgan fingerprint density at radius 2 is 2.07 bits per heavy atom. The Bertz CT molecular complexity index is 333. The number of aliphatic hydroxyl groups is 1. The van der Waals surface area contributed by atoms with E-state index in [1.54, 1.807) is 0 Å². The summed E-state index contributed by atoms with van der Waals surface area (Å²) in [5, 5.41) is 8.75. The summed E-state index contributed by atoms with van der Waals surface area (Å²) in [6, 6.07) is 0. The average molecular weight is 226 g/mol. The first-order valence-corrected chi connectivity index (χ1v) is 4.26. The number of nitrogens with zero attached hydrogens (tertiary/aromatic N) is 1. The van der Waals surface area contributed by atoms with Gasteiger partial charge in [0.1, 0.15) is 0 Å². The minimum atomic E-state index is -2.78. The summed E-state index contributed by atoms with van der Waals surface area (Å²) < 4.78 is 37.6. The molecule has 1 aromatic rings. The molecular formula is C8H7ClF3NO. The van der Waals surface area contributed by atoms with Crippen molar-refractivity contribution in [2.75, 3.05) is 0 Å². The van der Waals surface area contributed by atoms with Gasteiger partial charge >= 0.3 is 0 Å². The van der Waals surface area contributed by atoms with Crippen molar-refractivity contribution in [3.63, 3.8) is 0 Å². The van der Waals surface area contributed by atoms with Crippen molar-refractivity contribution in [1.29, 1.82) is 0 Å². The van der Waals surface area contributed by atoms with E-state index in [-0.39, 0.29) is 17.0 Å². The van der Waals surface area contributed by atoms with Gasteiger partial charge in [-0.25, -0.2) is 13.8 Å². The van der Waals surface area contributed by atoms with Crippen molar-refractivity contribution in [3.8, 4) is 0 Å². The van der Waals surface area contributed by atoms with E-state index in [1.807, 2.05) is 0 Å². The van der Waals surface area contributed by atoms with E-state index >= 15 is 0 Å². The molecule has 0 unspecified atom stereocenters. The molecule has 0 aliphatic carbocycles. The molecule has 0 aliphatic heterocycles. The molecule has 14 heavy (non-hydrogen) atoms. The third-order valence-electron chi connectivity index (χ3n) is 1.81. The quantitative estimate of drug-likeness (QED) is 0.633. The molecule has 6 heteroatoms. The molecule has 0 bridgehead atoms. The minimum absolute atomic E-state index is 0.0864. The Morgan fingerprint density at radius 3 is 2.50 bits per heavy atom. The summed E-state index contributed by atoms with van der Waals surface area (Å²) in [5.41, 5.74) is -0.792. The zero-order valence-corrected chi connectivity index (χ0v) is 7.73. The van der Waals surface area contributed by atoms with Crippen molar-refractivity contribution in [3.05, 3.63) is 28.8 Å². The molecule has 78 valence electrons. The van der Waals surface area contributed by atoms with Crippen LogP contribution in [0, 0.1) is 5.95 Å². The largest absolute Gasteiger partial charge is 0.391 e. The number of rotatable bonds is 3. The highest BCUT2D eigenvalue weighted by molar-refractivity contribution is 6.17. The first kappa shape index (κ1) is 11.3. The van der Waals surface area contributed by atoms with Gasteiger partial charge in [-0.1, -0.05) is 0 Å². The lowest BCUT2D eigenvalue weighted by Gasteiger charge is -2.10. The fourth-order valence-corrected chi connectivity index (χ4v) is 1.40. The third-order valence-corrected chi connectivity index (χ3v) is 2.07. The summed E-state index contributed by atoms with van der Waals surface area (Å²) in [6.07, 6.45) is -2.04. The molecule has 1 aromatic heterocycles. The highest BCUT2D eigenvalue weighted by atomic mass is 35.5. The Balaban J connectivity index is 3.33. The van der Waals surface area contributed by atoms with Gasteiger partial charge in [0.15, 0.2) is 0 Å². The summed E-state index contributed by atoms with van der Waals surface area (Å²) in [7, 11) is 0. The molecule has 1 N–H and O–H groups in total. The zero-order chi connectivity index (χ0) is 10.7. The number of hydrogen-bond donors (Lipinski definition) is 1. The lowest BCUT2D eigenvalue weighted by Crippen LogP contribution is -2.04. The molecule has 0 saturated heterocycles. The van der Waals surface area contributed by atoms with Gasteiger partial charge in [0.25, 0.3) is 6.43 Å². The highest BCUT2D eigenvalue weighted by Crippen LogP contribution is 2.27. The van der Waals surface area contributed by atoms with Gasteiger partial charge < -0.3 is 5.11 Å². The summed E-state index contributed by atoms with van der Waals surface area (Å²) in [4.78, 5) is 3.11. The van der Waals surface area contributed by atoms with Crippen LogP contribution in [0.5, 0.6) is 0 Å². The predicted octanol–water partition coefficient (Wildman–Crippen LogP) is 2.39. The molecule has 0 aromatic carbocycles. The molecular weight excluding hydrogens is 219 g/mol. The van der Waals surface area contributed by atoms with E-state index in [2.05, 4.69) is 4.98 Å². The van der Waals surface area contributed by atoms with E-state index in [0.29, 0.717) is 0 Å². The number of hydrogen-bond acceptors (Lipinski definition) is 2. The van der Waals surface area contributed by atoms with Crippen LogP contribution in [-0.2, 0) is 12.5 Å². The number of aliphatic hydroxyl groups excluding tert-OH is 1. The predicted molar refractivity (Wildman–Crippen MR) is 44.6 cm³/mol. The van der Waals surface area contributed by atoms with Crippen LogP contribution in [-0.4, -0.2) is 10.1 Å². The minimum Gasteiger partial charge on any atom is -0.391 e. The molecule has 1 rings (SSSR count). The first-order valence-electron chi connectivity index (χ1n) is 3.73. The van der Waals surface area contributed by atoms with Crippen LogP contribution in [0.25, 0.3) is 0 Å². The van der Waals surface area contributed by atoms with Gasteiger partial charge in [-0.15, -0.1) is 11.6 Å².